The normalized spacial score (nSPS) is 20.6. The van der Waals surface area contributed by atoms with Crippen LogP contribution >= 0.6 is 0 Å². The number of hydrogen-bond acceptors (Lipinski definition) is 8. The van der Waals surface area contributed by atoms with Crippen LogP contribution in [-0.2, 0) is 14.3 Å². The molecule has 252 valence electrons. The number of hydrogen-bond donors (Lipinski definition) is 2. The number of methoxy groups -OCH3 is 1. The number of nitrogens with one attached hydrogen (secondary N) is 2. The largest absolute Gasteiger partial charge is 0.493 e. The van der Waals surface area contributed by atoms with Crippen LogP contribution in [0.2, 0.25) is 0 Å². The van der Waals surface area contributed by atoms with Gasteiger partial charge in [-0.2, -0.15) is 0 Å². The molecule has 2 heterocycles. The topological polar surface area (TPSA) is 111 Å². The van der Waals surface area contributed by atoms with Crippen molar-refractivity contribution >= 4 is 34.1 Å². The van der Waals surface area contributed by atoms with Gasteiger partial charge in [0.1, 0.15) is 17.0 Å². The van der Waals surface area contributed by atoms with Crippen LogP contribution in [0.3, 0.4) is 0 Å². The van der Waals surface area contributed by atoms with Crippen molar-refractivity contribution in [1.82, 2.24) is 9.88 Å². The van der Waals surface area contributed by atoms with Gasteiger partial charge in [0.05, 0.1) is 32.4 Å². The number of aromatic nitrogens is 1. The number of ether oxygens (including phenoxy) is 4. The third kappa shape index (κ3) is 6.76. The highest BCUT2D eigenvalue weighted by atomic mass is 19.1. The van der Waals surface area contributed by atoms with E-state index >= 15 is 4.39 Å². The van der Waals surface area contributed by atoms with Gasteiger partial charge in [-0.1, -0.05) is 13.8 Å². The van der Waals surface area contributed by atoms with Crippen LogP contribution < -0.4 is 24.8 Å². The van der Waals surface area contributed by atoms with Gasteiger partial charge in [0.25, 0.3) is 0 Å². The Labute approximate surface area is 277 Å². The number of pyridine rings is 1. The summed E-state index contributed by atoms with van der Waals surface area (Å²) in [6.45, 7) is 8.37. The maximum Gasteiger partial charge on any atom is 0.240 e. The zero-order chi connectivity index (χ0) is 33.8. The van der Waals surface area contributed by atoms with Gasteiger partial charge in [0.15, 0.2) is 23.1 Å². The summed E-state index contributed by atoms with van der Waals surface area (Å²) in [7, 11) is 1.55. The van der Waals surface area contributed by atoms with Crippen LogP contribution in [0.15, 0.2) is 66.9 Å². The Bertz CT molecular complexity index is 1790. The molecule has 10 nitrogen and oxygen atoms in total. The van der Waals surface area contributed by atoms with Crippen molar-refractivity contribution in [2.45, 2.75) is 20.3 Å². The van der Waals surface area contributed by atoms with Crippen LogP contribution in [0.1, 0.15) is 20.3 Å². The van der Waals surface area contributed by atoms with Crippen LogP contribution in [0.25, 0.3) is 10.9 Å². The molecule has 1 aliphatic carbocycles. The fraction of sp³-hybridized carbons (Fsp3) is 0.361. The van der Waals surface area contributed by atoms with Gasteiger partial charge in [-0.15, -0.1) is 0 Å². The predicted molar refractivity (Wildman–Crippen MR) is 177 cm³/mol. The summed E-state index contributed by atoms with van der Waals surface area (Å²) in [5.41, 5.74) is -0.239. The van der Waals surface area contributed by atoms with Crippen molar-refractivity contribution in [2.24, 2.45) is 17.3 Å². The first-order chi connectivity index (χ1) is 23.2. The first kappa shape index (κ1) is 33.1. The summed E-state index contributed by atoms with van der Waals surface area (Å²) in [6.07, 6.45) is 2.41. The maximum atomic E-state index is 15.4. The minimum Gasteiger partial charge on any atom is -0.493 e. The average molecular weight is 661 g/mol. The van der Waals surface area contributed by atoms with Gasteiger partial charge >= 0.3 is 0 Å². The summed E-state index contributed by atoms with van der Waals surface area (Å²) in [5, 5.41) is 6.00. The number of halogens is 2. The Morgan fingerprint density at radius 1 is 0.896 bits per heavy atom. The number of anilines is 2. The molecule has 2 fully saturated rings. The van der Waals surface area contributed by atoms with Gasteiger partial charge in [0, 0.05) is 54.7 Å². The molecule has 1 aromatic heterocycles. The molecular weight excluding hydrogens is 622 g/mol. The first-order valence-electron chi connectivity index (χ1n) is 16.0. The Morgan fingerprint density at radius 2 is 1.58 bits per heavy atom. The third-order valence-corrected chi connectivity index (χ3v) is 9.31. The van der Waals surface area contributed by atoms with E-state index in [1.807, 2.05) is 13.8 Å². The summed E-state index contributed by atoms with van der Waals surface area (Å²) in [6, 6.07) is 14.5. The molecule has 12 heteroatoms. The zero-order valence-corrected chi connectivity index (χ0v) is 27.1. The van der Waals surface area contributed by atoms with E-state index in [-0.39, 0.29) is 23.3 Å². The second kappa shape index (κ2) is 14.1. The number of carbonyl (C=O) groups is 2. The van der Waals surface area contributed by atoms with Crippen molar-refractivity contribution in [3.8, 4) is 23.0 Å². The van der Waals surface area contributed by atoms with E-state index in [0.717, 1.165) is 45.3 Å². The fourth-order valence-electron chi connectivity index (χ4n) is 6.27. The molecule has 1 saturated heterocycles. The minimum absolute atomic E-state index is 0.0696. The second-order valence-corrected chi connectivity index (χ2v) is 12.1. The molecule has 1 saturated carbocycles. The highest BCUT2D eigenvalue weighted by Crippen LogP contribution is 2.59. The molecule has 2 amide bonds. The number of carbonyl (C=O) groups excluding carboxylic acids is 2. The quantitative estimate of drug-likeness (QED) is 0.135. The monoisotopic (exact) mass is 660 g/mol. The van der Waals surface area contributed by atoms with E-state index < -0.39 is 28.9 Å². The van der Waals surface area contributed by atoms with E-state index in [9.17, 15) is 14.0 Å². The second-order valence-electron chi connectivity index (χ2n) is 12.1. The summed E-state index contributed by atoms with van der Waals surface area (Å²) < 4.78 is 51.7. The first-order valence-corrected chi connectivity index (χ1v) is 16.0. The van der Waals surface area contributed by atoms with Crippen LogP contribution in [0.4, 0.5) is 20.2 Å². The van der Waals surface area contributed by atoms with E-state index in [4.69, 9.17) is 18.9 Å². The molecule has 3 aromatic carbocycles. The van der Waals surface area contributed by atoms with Gasteiger partial charge in [-0.05, 0) is 66.8 Å². The van der Waals surface area contributed by atoms with E-state index in [1.165, 1.54) is 36.4 Å². The molecule has 0 spiro atoms. The predicted octanol–water partition coefficient (Wildman–Crippen LogP) is 6.26. The van der Waals surface area contributed by atoms with Gasteiger partial charge in [-0.3, -0.25) is 19.5 Å². The standard InChI is InChI=1S/C36H38F2N4O6/c1-22-23(2)36(22,34(43)40-25-7-5-24(37)6-8-25)35(44)41-26-9-10-31(28(38)19-26)48-30-11-12-39-29-21-33(32(45-3)20-27(29)30)47-16-4-13-42-14-17-46-18-15-42/h5-12,19-23H,4,13-18H2,1-3H3,(H,40,43)(H,41,44)/t22-,23+,36?. The smallest absolute Gasteiger partial charge is 0.240 e. The number of fused-ring (bicyclic) bond motifs is 1. The van der Waals surface area contributed by atoms with Gasteiger partial charge in [0.2, 0.25) is 11.8 Å². The van der Waals surface area contributed by atoms with Crippen LogP contribution in [0, 0.1) is 28.9 Å². The van der Waals surface area contributed by atoms with Crippen LogP contribution in [-0.4, -0.2) is 68.3 Å². The number of amides is 2. The van der Waals surface area contributed by atoms with Crippen molar-refractivity contribution in [3.63, 3.8) is 0 Å². The third-order valence-electron chi connectivity index (χ3n) is 9.31. The van der Waals surface area contributed by atoms with E-state index in [2.05, 4.69) is 20.5 Å². The lowest BCUT2D eigenvalue weighted by Crippen LogP contribution is -2.38. The Balaban J connectivity index is 1.13. The fourth-order valence-corrected chi connectivity index (χ4v) is 6.27. The van der Waals surface area contributed by atoms with Crippen LogP contribution in [0.5, 0.6) is 23.0 Å². The summed E-state index contributed by atoms with van der Waals surface area (Å²) >= 11 is 0. The highest BCUT2D eigenvalue weighted by Gasteiger charge is 2.69. The molecule has 1 aliphatic heterocycles. The lowest BCUT2D eigenvalue weighted by atomic mass is 9.99. The summed E-state index contributed by atoms with van der Waals surface area (Å²) in [4.78, 5) is 33.5. The summed E-state index contributed by atoms with van der Waals surface area (Å²) in [5.74, 6) is -1.42. The van der Waals surface area contributed by atoms with Crippen molar-refractivity contribution in [2.75, 3.05) is 57.2 Å². The van der Waals surface area contributed by atoms with Crippen molar-refractivity contribution < 1.29 is 37.3 Å². The molecule has 2 N–H and O–H groups in total. The Morgan fingerprint density at radius 3 is 2.25 bits per heavy atom. The number of nitrogens with zero attached hydrogens (tertiary/aromatic N) is 2. The van der Waals surface area contributed by atoms with E-state index in [0.29, 0.717) is 40.4 Å². The maximum absolute atomic E-state index is 15.4. The Hall–Kier alpha value is -4.81. The average Bonchev–Trinajstić information content (AvgIpc) is 3.65. The molecular formula is C36H38F2N4O6. The van der Waals surface area contributed by atoms with Crippen molar-refractivity contribution in [3.05, 3.63) is 78.5 Å². The van der Waals surface area contributed by atoms with Gasteiger partial charge < -0.3 is 29.6 Å². The lowest BCUT2D eigenvalue weighted by molar-refractivity contribution is -0.132. The molecule has 0 radical (unpaired) electrons. The number of rotatable bonds is 12. The minimum atomic E-state index is -1.36. The molecule has 48 heavy (non-hydrogen) atoms. The molecule has 1 unspecified atom stereocenters. The molecule has 6 rings (SSSR count). The van der Waals surface area contributed by atoms with E-state index in [1.54, 1.807) is 31.5 Å². The molecule has 2 aliphatic rings. The number of benzene rings is 3. The molecule has 3 atom stereocenters. The molecule has 4 aromatic rings. The Kier molecular flexibility index (Phi) is 9.74. The van der Waals surface area contributed by atoms with Crippen molar-refractivity contribution in [1.29, 1.82) is 0 Å². The van der Waals surface area contributed by atoms with Gasteiger partial charge in [-0.25, -0.2) is 8.78 Å². The number of morpholine rings is 1. The SMILES string of the molecule is COc1cc2c(Oc3ccc(NC(=O)C4(C(=O)Nc5ccc(F)cc5)[C@H](C)[C@@H]4C)cc3F)ccnc2cc1OCCCN1CCOCC1. The zero-order valence-electron chi connectivity index (χ0n) is 27.1. The molecule has 0 bridgehead atoms. The lowest BCUT2D eigenvalue weighted by Gasteiger charge is -2.26. The highest BCUT2D eigenvalue weighted by molar-refractivity contribution is 6.17.